The molecule has 0 saturated carbocycles. The Morgan fingerprint density at radius 2 is 2.19 bits per heavy atom. The quantitative estimate of drug-likeness (QED) is 0.722. The zero-order chi connectivity index (χ0) is 12.0. The summed E-state index contributed by atoms with van der Waals surface area (Å²) < 4.78 is 5.37. The Balaban J connectivity index is 2.77. The van der Waals surface area contributed by atoms with Crippen LogP contribution in [0.5, 0.6) is 5.75 Å². The molecule has 0 saturated heterocycles. The fraction of sp³-hybridized carbons (Fsp3) is 0.308. The summed E-state index contributed by atoms with van der Waals surface area (Å²) in [4.78, 5) is 13.2. The van der Waals surface area contributed by atoms with Crippen LogP contribution in [0, 0.1) is 11.8 Å². The van der Waals surface area contributed by atoms with Crippen LogP contribution in [-0.4, -0.2) is 31.5 Å². The van der Waals surface area contributed by atoms with Crippen LogP contribution < -0.4 is 4.74 Å². The lowest BCUT2D eigenvalue weighted by Gasteiger charge is -2.11. The molecule has 0 heterocycles. The summed E-state index contributed by atoms with van der Waals surface area (Å²) in [5, 5.41) is 0. The minimum absolute atomic E-state index is 0.0352. The number of benzene rings is 1. The molecule has 3 heteroatoms. The van der Waals surface area contributed by atoms with Gasteiger partial charge in [-0.15, -0.1) is 5.92 Å². The fourth-order valence-corrected chi connectivity index (χ4v) is 1.17. The second-order valence-corrected chi connectivity index (χ2v) is 3.44. The maximum atomic E-state index is 11.7. The molecule has 0 unspecified atom stereocenters. The van der Waals surface area contributed by atoms with E-state index in [-0.39, 0.29) is 5.91 Å². The number of rotatable bonds is 3. The third kappa shape index (κ3) is 3.32. The van der Waals surface area contributed by atoms with Crippen molar-refractivity contribution in [1.82, 2.24) is 4.90 Å². The van der Waals surface area contributed by atoms with E-state index in [1.165, 1.54) is 4.90 Å². The molecular weight excluding hydrogens is 202 g/mol. The largest absolute Gasteiger partial charge is 0.481 e. The van der Waals surface area contributed by atoms with Gasteiger partial charge >= 0.3 is 0 Å². The first kappa shape index (κ1) is 12.1. The van der Waals surface area contributed by atoms with Gasteiger partial charge in [-0.1, -0.05) is 12.0 Å². The van der Waals surface area contributed by atoms with E-state index in [2.05, 4.69) is 11.8 Å². The highest BCUT2D eigenvalue weighted by atomic mass is 16.5. The van der Waals surface area contributed by atoms with Crippen molar-refractivity contribution < 1.29 is 9.53 Å². The third-order valence-electron chi connectivity index (χ3n) is 1.97. The van der Waals surface area contributed by atoms with Crippen molar-refractivity contribution in [3.8, 4) is 17.6 Å². The summed E-state index contributed by atoms with van der Waals surface area (Å²) in [6.07, 6.45) is 0. The molecule has 0 radical (unpaired) electrons. The van der Waals surface area contributed by atoms with Crippen molar-refractivity contribution in [2.45, 2.75) is 6.92 Å². The number of hydrogen-bond donors (Lipinski definition) is 0. The van der Waals surface area contributed by atoms with E-state index in [1.807, 2.05) is 6.07 Å². The lowest BCUT2D eigenvalue weighted by Crippen LogP contribution is -2.21. The number of amides is 1. The van der Waals surface area contributed by atoms with E-state index >= 15 is 0 Å². The van der Waals surface area contributed by atoms with Crippen LogP contribution in [0.2, 0.25) is 0 Å². The summed E-state index contributed by atoms with van der Waals surface area (Å²) in [7, 11) is 3.44. The van der Waals surface area contributed by atoms with Crippen LogP contribution in [0.15, 0.2) is 24.3 Å². The van der Waals surface area contributed by atoms with Crippen LogP contribution in [-0.2, 0) is 0 Å². The summed E-state index contributed by atoms with van der Waals surface area (Å²) in [5.74, 6) is 6.17. The monoisotopic (exact) mass is 217 g/mol. The predicted molar refractivity (Wildman–Crippen MR) is 63.4 cm³/mol. The first-order chi connectivity index (χ1) is 7.65. The van der Waals surface area contributed by atoms with E-state index in [4.69, 9.17) is 4.74 Å². The van der Waals surface area contributed by atoms with Crippen LogP contribution in [0.3, 0.4) is 0 Å². The normalized spacial score (nSPS) is 8.94. The Hall–Kier alpha value is -1.95. The Labute approximate surface area is 96.0 Å². The van der Waals surface area contributed by atoms with Gasteiger partial charge in [-0.3, -0.25) is 4.79 Å². The predicted octanol–water partition coefficient (Wildman–Crippen LogP) is 1.79. The Bertz CT molecular complexity index is 427. The summed E-state index contributed by atoms with van der Waals surface area (Å²) in [5.41, 5.74) is 0.618. The molecule has 1 amide bonds. The highest BCUT2D eigenvalue weighted by Crippen LogP contribution is 2.14. The molecule has 1 aromatic rings. The second-order valence-electron chi connectivity index (χ2n) is 3.44. The van der Waals surface area contributed by atoms with Gasteiger partial charge < -0.3 is 9.64 Å². The first-order valence-electron chi connectivity index (χ1n) is 4.99. The molecule has 0 fully saturated rings. The lowest BCUT2D eigenvalue weighted by molar-refractivity contribution is 0.0827. The Morgan fingerprint density at radius 3 is 2.81 bits per heavy atom. The number of hydrogen-bond acceptors (Lipinski definition) is 2. The topological polar surface area (TPSA) is 29.5 Å². The fourth-order valence-electron chi connectivity index (χ4n) is 1.17. The van der Waals surface area contributed by atoms with E-state index in [9.17, 15) is 4.79 Å². The molecule has 0 atom stereocenters. The van der Waals surface area contributed by atoms with Gasteiger partial charge in [-0.25, -0.2) is 0 Å². The standard InChI is InChI=1S/C13H15NO2/c1-4-5-9-16-12-8-6-7-11(10-12)13(15)14(2)3/h6-8,10H,9H2,1-3H3. The van der Waals surface area contributed by atoms with Gasteiger partial charge in [0.25, 0.3) is 5.91 Å². The zero-order valence-electron chi connectivity index (χ0n) is 9.78. The molecule has 0 aromatic heterocycles. The first-order valence-corrected chi connectivity index (χ1v) is 4.99. The number of carbonyl (C=O) groups excluding carboxylic acids is 1. The average molecular weight is 217 g/mol. The molecule has 0 aliphatic rings. The minimum atomic E-state index is -0.0352. The molecule has 0 spiro atoms. The SMILES string of the molecule is CC#CCOc1cccc(C(=O)N(C)C)c1. The van der Waals surface area contributed by atoms with Crippen molar-refractivity contribution in [3.63, 3.8) is 0 Å². The Morgan fingerprint density at radius 1 is 1.44 bits per heavy atom. The van der Waals surface area contributed by atoms with Crippen molar-refractivity contribution in [3.05, 3.63) is 29.8 Å². The zero-order valence-corrected chi connectivity index (χ0v) is 9.78. The molecule has 16 heavy (non-hydrogen) atoms. The van der Waals surface area contributed by atoms with E-state index < -0.39 is 0 Å². The lowest BCUT2D eigenvalue weighted by atomic mass is 10.2. The van der Waals surface area contributed by atoms with Crippen LogP contribution >= 0.6 is 0 Å². The maximum Gasteiger partial charge on any atom is 0.253 e. The molecule has 0 N–H and O–H groups in total. The van der Waals surface area contributed by atoms with E-state index in [0.29, 0.717) is 17.9 Å². The van der Waals surface area contributed by atoms with Gasteiger partial charge in [0, 0.05) is 19.7 Å². The summed E-state index contributed by atoms with van der Waals surface area (Å²) in [6.45, 7) is 2.10. The van der Waals surface area contributed by atoms with Crippen LogP contribution in [0.1, 0.15) is 17.3 Å². The van der Waals surface area contributed by atoms with Gasteiger partial charge in [0.15, 0.2) is 0 Å². The number of carbonyl (C=O) groups is 1. The van der Waals surface area contributed by atoms with Crippen molar-refractivity contribution >= 4 is 5.91 Å². The smallest absolute Gasteiger partial charge is 0.253 e. The van der Waals surface area contributed by atoms with Crippen LogP contribution in [0.25, 0.3) is 0 Å². The molecule has 3 nitrogen and oxygen atoms in total. The van der Waals surface area contributed by atoms with Gasteiger partial charge in [-0.05, 0) is 25.1 Å². The van der Waals surface area contributed by atoms with Crippen molar-refractivity contribution in [2.75, 3.05) is 20.7 Å². The van der Waals surface area contributed by atoms with E-state index in [0.717, 1.165) is 0 Å². The molecule has 1 rings (SSSR count). The maximum absolute atomic E-state index is 11.7. The van der Waals surface area contributed by atoms with Crippen LogP contribution in [0.4, 0.5) is 0 Å². The van der Waals surface area contributed by atoms with Crippen molar-refractivity contribution in [1.29, 1.82) is 0 Å². The van der Waals surface area contributed by atoms with Gasteiger partial charge in [-0.2, -0.15) is 0 Å². The molecular formula is C13H15NO2. The van der Waals surface area contributed by atoms with Gasteiger partial charge in [0.1, 0.15) is 12.4 Å². The number of ether oxygens (including phenoxy) is 1. The average Bonchev–Trinajstić information content (AvgIpc) is 2.29. The second kappa shape index (κ2) is 5.82. The molecule has 84 valence electrons. The Kier molecular flexibility index (Phi) is 4.41. The third-order valence-corrected chi connectivity index (χ3v) is 1.97. The minimum Gasteiger partial charge on any atom is -0.481 e. The molecule has 0 aliphatic carbocycles. The van der Waals surface area contributed by atoms with Gasteiger partial charge in [0.2, 0.25) is 0 Å². The molecule has 1 aromatic carbocycles. The van der Waals surface area contributed by atoms with Gasteiger partial charge in [0.05, 0.1) is 0 Å². The molecule has 0 bridgehead atoms. The molecule has 0 aliphatic heterocycles. The highest BCUT2D eigenvalue weighted by Gasteiger charge is 2.08. The van der Waals surface area contributed by atoms with E-state index in [1.54, 1.807) is 39.2 Å². The summed E-state index contributed by atoms with van der Waals surface area (Å²) in [6, 6.07) is 7.09. The summed E-state index contributed by atoms with van der Waals surface area (Å²) >= 11 is 0. The van der Waals surface area contributed by atoms with Crippen molar-refractivity contribution in [2.24, 2.45) is 0 Å². The number of nitrogens with zero attached hydrogens (tertiary/aromatic N) is 1. The highest BCUT2D eigenvalue weighted by molar-refractivity contribution is 5.94.